The molecule has 4 rings (SSSR count). The van der Waals surface area contributed by atoms with Crippen molar-refractivity contribution in [2.45, 2.75) is 16.4 Å². The zero-order valence-corrected chi connectivity index (χ0v) is 24.2. The van der Waals surface area contributed by atoms with E-state index in [-0.39, 0.29) is 27.2 Å². The Morgan fingerprint density at radius 3 is 1.86 bits per heavy atom. The van der Waals surface area contributed by atoms with Crippen LogP contribution in [0, 0.1) is 29.2 Å². The van der Waals surface area contributed by atoms with Gasteiger partial charge in [0.25, 0.3) is 5.91 Å². The van der Waals surface area contributed by atoms with Crippen LogP contribution in [0.2, 0.25) is 15.1 Å². The Labute approximate surface area is 261 Å². The summed E-state index contributed by atoms with van der Waals surface area (Å²) in [5, 5.41) is 5.24. The molecule has 6 nitrogen and oxygen atoms in total. The maximum absolute atomic E-state index is 14.5. The van der Waals surface area contributed by atoms with Crippen LogP contribution >= 0.6 is 58.0 Å². The van der Waals surface area contributed by atoms with Crippen LogP contribution in [0.1, 0.15) is 21.8 Å². The van der Waals surface area contributed by atoms with Gasteiger partial charge in [0.15, 0.2) is 11.6 Å². The van der Waals surface area contributed by atoms with E-state index >= 15 is 0 Å². The lowest BCUT2D eigenvalue weighted by atomic mass is 10.1. The minimum absolute atomic E-state index is 0.0346. The predicted octanol–water partition coefficient (Wildman–Crippen LogP) is 8.48. The molecule has 3 aromatic rings. The van der Waals surface area contributed by atoms with Crippen molar-refractivity contribution >= 4 is 92.8 Å². The molecule has 1 fully saturated rings. The number of anilines is 3. The summed E-state index contributed by atoms with van der Waals surface area (Å²) in [6.07, 6.45) is -5.43. The molecule has 0 heterocycles. The molecule has 0 unspecified atom stereocenters. The lowest BCUT2D eigenvalue weighted by molar-refractivity contribution is -0.167. The van der Waals surface area contributed by atoms with E-state index in [0.717, 1.165) is 5.32 Å². The number of halogens is 12. The first-order valence-corrected chi connectivity index (χ1v) is 13.2. The van der Waals surface area contributed by atoms with Gasteiger partial charge in [0, 0.05) is 23.7 Å². The second-order valence-electron chi connectivity index (χ2n) is 8.96. The third-order valence-corrected chi connectivity index (χ3v) is 8.19. The number of carbonyl (C=O) groups is 3. The van der Waals surface area contributed by atoms with Crippen molar-refractivity contribution in [1.29, 1.82) is 0 Å². The number of alkyl halides is 5. The van der Waals surface area contributed by atoms with E-state index < -0.39 is 86.0 Å². The first-order valence-electron chi connectivity index (χ1n) is 11.3. The van der Waals surface area contributed by atoms with E-state index in [9.17, 15) is 45.1 Å². The molecule has 228 valence electrons. The van der Waals surface area contributed by atoms with Crippen LogP contribution < -0.4 is 16.0 Å². The van der Waals surface area contributed by atoms with Gasteiger partial charge >= 0.3 is 12.1 Å². The zero-order chi connectivity index (χ0) is 32.2. The van der Waals surface area contributed by atoms with Gasteiger partial charge in [-0.3, -0.25) is 14.4 Å². The van der Waals surface area contributed by atoms with Gasteiger partial charge in [-0.2, -0.15) is 13.2 Å². The fraction of sp³-hybridized carbons (Fsp3) is 0.160. The molecule has 3 amide bonds. The predicted molar refractivity (Wildman–Crippen MR) is 146 cm³/mol. The zero-order valence-electron chi connectivity index (χ0n) is 20.4. The van der Waals surface area contributed by atoms with E-state index in [1.165, 1.54) is 12.1 Å². The largest absolute Gasteiger partial charge is 0.471 e. The lowest BCUT2D eigenvalue weighted by Gasteiger charge is -2.13. The Bertz CT molecular complexity index is 1660. The Morgan fingerprint density at radius 2 is 1.30 bits per heavy atom. The van der Waals surface area contributed by atoms with Crippen LogP contribution in [0.5, 0.6) is 0 Å². The van der Waals surface area contributed by atoms with Gasteiger partial charge in [0.2, 0.25) is 5.91 Å². The number of carbonyl (C=O) groups excluding carboxylic acids is 3. The minimum atomic E-state index is -5.43. The van der Waals surface area contributed by atoms with Crippen LogP contribution in [-0.4, -0.2) is 28.2 Å². The highest BCUT2D eigenvalue weighted by Crippen LogP contribution is 2.65. The molecular weight excluding hydrogens is 701 g/mol. The van der Waals surface area contributed by atoms with Crippen molar-refractivity contribution < 1.29 is 45.1 Å². The van der Waals surface area contributed by atoms with Crippen molar-refractivity contribution in [1.82, 2.24) is 0 Å². The standard InChI is InChI=1S/C25H11Cl5F7N3O3/c26-10-1-7(2-11(27)19(10)28)17-18(24(17,29)30)22(42)38-8-3-9(20(34)14(33)4-8)21(41)39-15-6-16(13(32)5-12(15)31)40-23(43)25(35,36)37/h1-6,17-18H,(H,38,42)(H,39,41)(H,40,43)/t17-,18+/m0/s1. The molecular formula is C25H11Cl5F7N3O3. The first kappa shape index (κ1) is 32.9. The van der Waals surface area contributed by atoms with Crippen molar-refractivity contribution in [3.8, 4) is 0 Å². The van der Waals surface area contributed by atoms with Gasteiger partial charge in [-0.15, -0.1) is 23.2 Å². The molecule has 1 aliphatic rings. The van der Waals surface area contributed by atoms with Crippen molar-refractivity contribution in [3.05, 3.63) is 85.9 Å². The van der Waals surface area contributed by atoms with Gasteiger partial charge < -0.3 is 16.0 Å². The third kappa shape index (κ3) is 6.75. The fourth-order valence-electron chi connectivity index (χ4n) is 3.99. The molecule has 1 aliphatic carbocycles. The van der Waals surface area contributed by atoms with Crippen LogP contribution in [0.4, 0.5) is 47.8 Å². The van der Waals surface area contributed by atoms with Gasteiger partial charge in [0.1, 0.15) is 16.0 Å². The molecule has 0 bridgehead atoms. The molecule has 18 heteroatoms. The Hall–Kier alpha value is -2.97. The minimum Gasteiger partial charge on any atom is -0.326 e. The summed E-state index contributed by atoms with van der Waals surface area (Å²) in [5.41, 5.74) is -3.44. The van der Waals surface area contributed by atoms with Crippen LogP contribution in [0.25, 0.3) is 0 Å². The third-order valence-electron chi connectivity index (χ3n) is 6.05. The highest BCUT2D eigenvalue weighted by molar-refractivity contribution is 6.54. The van der Waals surface area contributed by atoms with Crippen molar-refractivity contribution in [2.75, 3.05) is 16.0 Å². The molecule has 0 aliphatic heterocycles. The van der Waals surface area contributed by atoms with Crippen LogP contribution in [-0.2, 0) is 9.59 Å². The summed E-state index contributed by atoms with van der Waals surface area (Å²) < 4.78 is 93.0. The average molecular weight is 712 g/mol. The molecule has 3 aromatic carbocycles. The number of hydrogen-bond donors (Lipinski definition) is 3. The number of rotatable bonds is 6. The molecule has 3 N–H and O–H groups in total. The number of benzene rings is 3. The van der Waals surface area contributed by atoms with E-state index in [4.69, 9.17) is 58.0 Å². The SMILES string of the molecule is O=C(Nc1cc(NC(=O)C(F)(F)F)c(F)cc1F)c1cc(NC(=O)[C@H]2[C@H](c3cc(Cl)c(Cl)c(Cl)c3)C2(Cl)Cl)cc(F)c1F. The smallest absolute Gasteiger partial charge is 0.326 e. The topological polar surface area (TPSA) is 87.3 Å². The molecule has 43 heavy (non-hydrogen) atoms. The average Bonchev–Trinajstić information content (AvgIpc) is 3.48. The molecule has 0 saturated heterocycles. The summed E-state index contributed by atoms with van der Waals surface area (Å²) in [6, 6.07) is 4.23. The quantitative estimate of drug-likeness (QED) is 0.136. The van der Waals surface area contributed by atoms with Crippen molar-refractivity contribution in [3.63, 3.8) is 0 Å². The second kappa shape index (κ2) is 11.8. The fourth-order valence-corrected chi connectivity index (χ4v) is 5.43. The van der Waals surface area contributed by atoms with E-state index in [1.807, 2.05) is 0 Å². The molecule has 1 saturated carbocycles. The summed E-state index contributed by atoms with van der Waals surface area (Å²) in [7, 11) is 0. The van der Waals surface area contributed by atoms with Crippen LogP contribution in [0.15, 0.2) is 36.4 Å². The Morgan fingerprint density at radius 1 is 0.744 bits per heavy atom. The second-order valence-corrected chi connectivity index (χ2v) is 11.6. The Kier molecular flexibility index (Phi) is 9.07. The molecule has 0 radical (unpaired) electrons. The summed E-state index contributed by atoms with van der Waals surface area (Å²) in [5.74, 6) is -13.7. The first-order chi connectivity index (χ1) is 19.8. The number of nitrogens with one attached hydrogen (secondary N) is 3. The van der Waals surface area contributed by atoms with E-state index in [2.05, 4.69) is 5.32 Å². The summed E-state index contributed by atoms with van der Waals surface area (Å²) in [4.78, 5) is 36.8. The number of amides is 3. The highest BCUT2D eigenvalue weighted by atomic mass is 35.5. The number of hydrogen-bond acceptors (Lipinski definition) is 3. The highest BCUT2D eigenvalue weighted by Gasteiger charge is 2.67. The summed E-state index contributed by atoms with van der Waals surface area (Å²) >= 11 is 30.5. The summed E-state index contributed by atoms with van der Waals surface area (Å²) in [6.45, 7) is 0. The van der Waals surface area contributed by atoms with E-state index in [1.54, 1.807) is 5.32 Å². The maximum Gasteiger partial charge on any atom is 0.471 e. The van der Waals surface area contributed by atoms with Crippen LogP contribution in [0.3, 0.4) is 0 Å². The van der Waals surface area contributed by atoms with Gasteiger partial charge in [-0.1, -0.05) is 34.8 Å². The maximum atomic E-state index is 14.5. The van der Waals surface area contributed by atoms with Gasteiger partial charge in [-0.05, 0) is 29.8 Å². The van der Waals surface area contributed by atoms with Gasteiger partial charge in [-0.25, -0.2) is 17.6 Å². The normalized spacial score (nSPS) is 17.3. The van der Waals surface area contributed by atoms with Gasteiger partial charge in [0.05, 0.1) is 37.9 Å². The molecule has 0 aromatic heterocycles. The Balaban J connectivity index is 1.56. The molecule has 0 spiro atoms. The van der Waals surface area contributed by atoms with Crippen molar-refractivity contribution in [2.24, 2.45) is 5.92 Å². The molecule has 2 atom stereocenters. The van der Waals surface area contributed by atoms with E-state index in [0.29, 0.717) is 17.7 Å². The monoisotopic (exact) mass is 709 g/mol. The lowest BCUT2D eigenvalue weighted by Crippen LogP contribution is -2.30.